The Balaban J connectivity index is 1.34. The van der Waals surface area contributed by atoms with Crippen LogP contribution in [-0.4, -0.2) is 59.5 Å². The van der Waals surface area contributed by atoms with Crippen LogP contribution in [0.4, 0.5) is 22.7 Å². The van der Waals surface area contributed by atoms with E-state index in [1.165, 1.54) is 38.2 Å². The monoisotopic (exact) mass is 768 g/mol. The number of nitro groups is 2. The van der Waals surface area contributed by atoms with Crippen molar-refractivity contribution in [3.05, 3.63) is 146 Å². The highest BCUT2D eigenvalue weighted by Crippen LogP contribution is 2.64. The van der Waals surface area contributed by atoms with Gasteiger partial charge in [0.2, 0.25) is 11.8 Å². The summed E-state index contributed by atoms with van der Waals surface area (Å²) in [6, 6.07) is 24.5. The molecule has 8 rings (SSSR count). The number of phenols is 1. The van der Waals surface area contributed by atoms with Crippen molar-refractivity contribution in [1.82, 2.24) is 0 Å². The fourth-order valence-corrected chi connectivity index (χ4v) is 9.85. The molecule has 1 saturated heterocycles. The summed E-state index contributed by atoms with van der Waals surface area (Å²) in [5.41, 5.74) is -1.04. The largest absolute Gasteiger partial charge is 0.504 e. The van der Waals surface area contributed by atoms with E-state index in [1.54, 1.807) is 72.8 Å². The third-order valence-corrected chi connectivity index (χ3v) is 12.1. The number of methoxy groups -OCH3 is 1. The second kappa shape index (κ2) is 13.7. The molecule has 1 aliphatic heterocycles. The number of hydrogen-bond donors (Lipinski definition) is 1. The number of nitro benzene ring substituents is 2. The zero-order valence-corrected chi connectivity index (χ0v) is 31.0. The summed E-state index contributed by atoms with van der Waals surface area (Å²) in [4.78, 5) is 84.4. The van der Waals surface area contributed by atoms with Gasteiger partial charge in [-0.2, -0.15) is 0 Å². The van der Waals surface area contributed by atoms with Crippen LogP contribution < -0.4 is 14.5 Å². The van der Waals surface area contributed by atoms with Gasteiger partial charge in [-0.1, -0.05) is 78.4 Å². The van der Waals surface area contributed by atoms with Gasteiger partial charge in [0.25, 0.3) is 0 Å². The summed E-state index contributed by atoms with van der Waals surface area (Å²) in [6.07, 6.45) is 3.26. The number of aromatic hydroxyl groups is 1. The number of rotatable bonds is 8. The second-order valence-corrected chi connectivity index (χ2v) is 15.0. The van der Waals surface area contributed by atoms with Gasteiger partial charge in [0.15, 0.2) is 28.8 Å². The molecule has 0 aromatic heterocycles. The predicted molar refractivity (Wildman–Crippen MR) is 208 cm³/mol. The summed E-state index contributed by atoms with van der Waals surface area (Å²) < 4.78 is 5.35. The smallest absolute Gasteiger partial charge is 0.301 e. The zero-order valence-electron chi connectivity index (χ0n) is 31.0. The van der Waals surface area contributed by atoms with E-state index in [9.17, 15) is 34.9 Å². The Morgan fingerprint density at radius 3 is 2.05 bits per heavy atom. The van der Waals surface area contributed by atoms with Gasteiger partial charge in [-0.3, -0.25) is 39.4 Å². The summed E-state index contributed by atoms with van der Waals surface area (Å²) in [5.74, 6) is -6.90. The van der Waals surface area contributed by atoms with Gasteiger partial charge in [-0.05, 0) is 53.7 Å². The molecule has 1 N–H and O–H groups in total. The molecule has 57 heavy (non-hydrogen) atoms. The Morgan fingerprint density at radius 1 is 0.842 bits per heavy atom. The Bertz CT molecular complexity index is 2440. The van der Waals surface area contributed by atoms with Crippen LogP contribution in [0.1, 0.15) is 35.4 Å². The molecule has 0 spiro atoms. The van der Waals surface area contributed by atoms with E-state index in [4.69, 9.17) is 4.74 Å². The minimum atomic E-state index is -1.54. The number of carbonyl (C=O) groups is 4. The summed E-state index contributed by atoms with van der Waals surface area (Å²) in [7, 11) is 4.23. The molecule has 1 heterocycles. The third-order valence-electron chi connectivity index (χ3n) is 12.1. The Kier molecular flexibility index (Phi) is 8.86. The SMILES string of the molecule is COc1ccc([C@H]2C3=CC[C@@H]4C(=O)N(c5cc([N+](=O)[O-])c(N(C)C)c([N+](=O)[O-])c5)C(=O)[C@@H]4[C@@H]3C[C@H]3C(=O)C(c4ccccc4)=CC(=O)[C@@]23c2ccccc2)cc1O. The fraction of sp³-hybridized carbons (Fsp3) is 0.256. The molecule has 14 nitrogen and oxygen atoms in total. The number of fused-ring (bicyclic) bond motifs is 4. The molecule has 3 aliphatic carbocycles. The van der Waals surface area contributed by atoms with E-state index in [0.717, 1.165) is 17.0 Å². The number of allylic oxidation sites excluding steroid dienone is 4. The van der Waals surface area contributed by atoms with Crippen LogP contribution in [0, 0.1) is 43.9 Å². The quantitative estimate of drug-likeness (QED) is 0.0915. The topological polar surface area (TPSA) is 190 Å². The van der Waals surface area contributed by atoms with Crippen molar-refractivity contribution in [1.29, 1.82) is 0 Å². The van der Waals surface area contributed by atoms with Gasteiger partial charge < -0.3 is 14.7 Å². The predicted octanol–water partition coefficient (Wildman–Crippen LogP) is 6.31. The van der Waals surface area contributed by atoms with Crippen LogP contribution in [0.2, 0.25) is 0 Å². The average molecular weight is 769 g/mol. The Hall–Kier alpha value is -6.96. The van der Waals surface area contributed by atoms with Crippen molar-refractivity contribution >= 4 is 51.7 Å². The van der Waals surface area contributed by atoms with Crippen LogP contribution in [-0.2, 0) is 24.6 Å². The average Bonchev–Trinajstić information content (AvgIpc) is 3.46. The number of benzene rings is 4. The number of ketones is 2. The standard InChI is InChI=1S/C43H36N4O10/c1-44(2)39-32(46(53)54)19-26(20-33(39)47(55)56)45-41(51)28-16-15-27-30(37(28)42(45)52)21-31-40(50)29(23-10-6-4-7-11-23)22-36(49)43(31,25-12-8-5-9-13-25)38(27)24-14-17-35(57-3)34(48)18-24/h4-15,17-20,22,28,30-31,37-38,48H,16,21H2,1-3H3/t28-,30+,31-,37-,38-,43-/m0/s1. The van der Waals surface area contributed by atoms with Crippen molar-refractivity contribution in [2.75, 3.05) is 31.0 Å². The maximum atomic E-state index is 15.2. The van der Waals surface area contributed by atoms with Crippen LogP contribution in [0.5, 0.6) is 11.5 Å². The molecular weight excluding hydrogens is 732 g/mol. The first-order valence-electron chi connectivity index (χ1n) is 18.3. The first-order chi connectivity index (χ1) is 27.3. The minimum absolute atomic E-state index is 0.0119. The minimum Gasteiger partial charge on any atom is -0.504 e. The molecule has 0 unspecified atom stereocenters. The van der Waals surface area contributed by atoms with Crippen LogP contribution in [0.25, 0.3) is 5.57 Å². The molecule has 288 valence electrons. The molecule has 0 radical (unpaired) electrons. The van der Waals surface area contributed by atoms with Gasteiger partial charge in [-0.25, -0.2) is 4.90 Å². The van der Waals surface area contributed by atoms with Crippen LogP contribution in [0.15, 0.2) is 109 Å². The number of imide groups is 1. The molecule has 1 saturated carbocycles. The number of phenolic OH excluding ortho intramolecular Hbond substituents is 1. The molecule has 2 amide bonds. The first kappa shape index (κ1) is 37.0. The van der Waals surface area contributed by atoms with E-state index < -0.39 is 68.0 Å². The molecule has 2 fully saturated rings. The van der Waals surface area contributed by atoms with Gasteiger partial charge in [0.1, 0.15) is 0 Å². The van der Waals surface area contributed by atoms with E-state index >= 15 is 9.59 Å². The maximum Gasteiger partial charge on any atom is 0.301 e. The number of ether oxygens (including phenoxy) is 1. The van der Waals surface area contributed by atoms with Crippen molar-refractivity contribution in [3.63, 3.8) is 0 Å². The molecule has 4 aliphatic rings. The normalized spacial score (nSPS) is 25.2. The number of anilines is 2. The zero-order chi connectivity index (χ0) is 40.5. The summed E-state index contributed by atoms with van der Waals surface area (Å²) in [5, 5.41) is 35.6. The van der Waals surface area contributed by atoms with Crippen LogP contribution >= 0.6 is 0 Å². The molecule has 6 atom stereocenters. The lowest BCUT2D eigenvalue weighted by Crippen LogP contribution is -2.58. The molecule has 0 bridgehead atoms. The number of hydrogen-bond acceptors (Lipinski definition) is 11. The number of amides is 2. The highest BCUT2D eigenvalue weighted by atomic mass is 16.6. The molecular formula is C43H36N4O10. The van der Waals surface area contributed by atoms with Crippen LogP contribution in [0.3, 0.4) is 0 Å². The molecule has 4 aromatic carbocycles. The van der Waals surface area contributed by atoms with Crippen molar-refractivity contribution in [3.8, 4) is 11.5 Å². The van der Waals surface area contributed by atoms with Gasteiger partial charge in [-0.15, -0.1) is 0 Å². The Morgan fingerprint density at radius 2 is 1.47 bits per heavy atom. The van der Waals surface area contributed by atoms with E-state index in [2.05, 4.69) is 0 Å². The molecule has 4 aromatic rings. The van der Waals surface area contributed by atoms with E-state index in [0.29, 0.717) is 22.3 Å². The third kappa shape index (κ3) is 5.46. The lowest BCUT2D eigenvalue weighted by molar-refractivity contribution is -0.392. The lowest BCUT2D eigenvalue weighted by Gasteiger charge is -2.55. The summed E-state index contributed by atoms with van der Waals surface area (Å²) in [6.45, 7) is 0. The van der Waals surface area contributed by atoms with Crippen molar-refractivity contribution in [2.24, 2.45) is 23.7 Å². The molecule has 14 heteroatoms. The van der Waals surface area contributed by atoms with Gasteiger partial charge >= 0.3 is 11.4 Å². The maximum absolute atomic E-state index is 15.2. The number of carbonyl (C=O) groups excluding carboxylic acids is 4. The first-order valence-corrected chi connectivity index (χ1v) is 18.3. The summed E-state index contributed by atoms with van der Waals surface area (Å²) >= 11 is 0. The fourth-order valence-electron chi connectivity index (χ4n) is 9.85. The highest BCUT2D eigenvalue weighted by molar-refractivity contribution is 6.32. The van der Waals surface area contributed by atoms with Gasteiger partial charge in [0.05, 0.1) is 39.9 Å². The lowest BCUT2D eigenvalue weighted by atomic mass is 9.44. The number of nitrogens with zero attached hydrogens (tertiary/aromatic N) is 4. The number of Topliss-reactive ketones (excluding diaryl/α,β-unsaturated/α-hetero) is 1. The second-order valence-electron chi connectivity index (χ2n) is 15.0. The Labute approximate surface area is 326 Å². The van der Waals surface area contributed by atoms with E-state index in [1.807, 2.05) is 6.08 Å². The van der Waals surface area contributed by atoms with Crippen molar-refractivity contribution < 1.29 is 38.9 Å². The van der Waals surface area contributed by atoms with Gasteiger partial charge in [0, 0.05) is 43.6 Å². The van der Waals surface area contributed by atoms with E-state index in [-0.39, 0.29) is 52.9 Å². The highest BCUT2D eigenvalue weighted by Gasteiger charge is 2.66. The van der Waals surface area contributed by atoms with Crippen molar-refractivity contribution in [2.45, 2.75) is 24.2 Å².